The van der Waals surface area contributed by atoms with Gasteiger partial charge in [-0.3, -0.25) is 9.78 Å². The molecule has 3 aromatic heterocycles. The molecule has 5 atom stereocenters. The second-order valence-electron chi connectivity index (χ2n) is 9.66. The lowest BCUT2D eigenvalue weighted by Gasteiger charge is -2.20. The maximum absolute atomic E-state index is 13.7. The number of halogens is 1. The van der Waals surface area contributed by atoms with Crippen LogP contribution >= 0.6 is 0 Å². The van der Waals surface area contributed by atoms with Crippen molar-refractivity contribution in [3.05, 3.63) is 67.0 Å². The van der Waals surface area contributed by atoms with Gasteiger partial charge in [-0.25, -0.2) is 14.4 Å². The number of fused-ring (bicyclic) bond motifs is 2. The number of aromatic nitrogens is 4. The molecule has 3 unspecified atom stereocenters. The highest BCUT2D eigenvalue weighted by Crippen LogP contribution is 2.61. The van der Waals surface area contributed by atoms with E-state index in [1.165, 1.54) is 12.1 Å². The molecule has 2 aliphatic carbocycles. The number of imidazole rings is 1. The number of amides is 1. The zero-order chi connectivity index (χ0) is 24.1. The first kappa shape index (κ1) is 21.7. The molecule has 0 radical (unpaired) electrons. The Kier molecular flexibility index (Phi) is 5.24. The highest BCUT2D eigenvalue weighted by Gasteiger charge is 2.59. The molecule has 0 spiro atoms. The number of anilines is 1. The van der Waals surface area contributed by atoms with Crippen molar-refractivity contribution >= 4 is 22.6 Å². The summed E-state index contributed by atoms with van der Waals surface area (Å²) in [6, 6.07) is 10.1. The Bertz CT molecular complexity index is 1390. The van der Waals surface area contributed by atoms with E-state index in [-0.39, 0.29) is 23.7 Å². The molecular formula is C27H26FN5O2. The molecule has 1 N–H and O–H groups in total. The predicted molar refractivity (Wildman–Crippen MR) is 130 cm³/mol. The fourth-order valence-electron chi connectivity index (χ4n) is 5.71. The van der Waals surface area contributed by atoms with Gasteiger partial charge < -0.3 is 14.6 Å². The SMILES string of the molecule is CC(C(=O)Nc1ccc(-c2nccn2C)cn1)C1[C@H]2CC(Oc3ccnc4ccc(F)cc34)C[C@@H]12. The smallest absolute Gasteiger partial charge is 0.228 e. The van der Waals surface area contributed by atoms with E-state index in [4.69, 9.17) is 4.74 Å². The van der Waals surface area contributed by atoms with Crippen LogP contribution < -0.4 is 10.1 Å². The lowest BCUT2D eigenvalue weighted by molar-refractivity contribution is -0.120. The van der Waals surface area contributed by atoms with Crippen LogP contribution in [-0.4, -0.2) is 31.5 Å². The first-order valence-electron chi connectivity index (χ1n) is 11.9. The van der Waals surface area contributed by atoms with Crippen molar-refractivity contribution in [1.82, 2.24) is 19.5 Å². The molecule has 2 saturated carbocycles. The second kappa shape index (κ2) is 8.45. The summed E-state index contributed by atoms with van der Waals surface area (Å²) in [5, 5.41) is 3.66. The summed E-state index contributed by atoms with van der Waals surface area (Å²) >= 11 is 0. The number of nitrogens with one attached hydrogen (secondary N) is 1. The van der Waals surface area contributed by atoms with Gasteiger partial charge in [0.25, 0.3) is 0 Å². The zero-order valence-corrected chi connectivity index (χ0v) is 19.6. The first-order chi connectivity index (χ1) is 17.0. The molecule has 0 aliphatic heterocycles. The third kappa shape index (κ3) is 4.03. The first-order valence-corrected chi connectivity index (χ1v) is 11.9. The van der Waals surface area contributed by atoms with Gasteiger partial charge in [0, 0.05) is 48.7 Å². The number of pyridine rings is 2. The van der Waals surface area contributed by atoms with Crippen molar-refractivity contribution in [2.45, 2.75) is 25.9 Å². The van der Waals surface area contributed by atoms with E-state index in [1.807, 2.05) is 36.9 Å². The molecule has 2 fully saturated rings. The lowest BCUT2D eigenvalue weighted by atomic mass is 9.97. The van der Waals surface area contributed by atoms with Gasteiger partial charge in [-0.05, 0) is 67.0 Å². The van der Waals surface area contributed by atoms with E-state index in [1.54, 1.807) is 30.7 Å². The number of carbonyl (C=O) groups excluding carboxylic acids is 1. The minimum Gasteiger partial charge on any atom is -0.490 e. The average Bonchev–Trinajstić information content (AvgIpc) is 3.15. The maximum atomic E-state index is 13.7. The van der Waals surface area contributed by atoms with Crippen LogP contribution in [0.25, 0.3) is 22.3 Å². The predicted octanol–water partition coefficient (Wildman–Crippen LogP) is 4.85. The highest BCUT2D eigenvalue weighted by atomic mass is 19.1. The molecule has 7 nitrogen and oxygen atoms in total. The number of aryl methyl sites for hydroxylation is 1. The zero-order valence-electron chi connectivity index (χ0n) is 19.6. The molecule has 35 heavy (non-hydrogen) atoms. The van der Waals surface area contributed by atoms with Gasteiger partial charge in [0.2, 0.25) is 5.91 Å². The Labute approximate surface area is 202 Å². The number of hydrogen-bond donors (Lipinski definition) is 1. The molecule has 2 aliphatic rings. The summed E-state index contributed by atoms with van der Waals surface area (Å²) in [5.74, 6) is 2.95. The number of hydrogen-bond acceptors (Lipinski definition) is 5. The van der Waals surface area contributed by atoms with Crippen molar-refractivity contribution in [2.75, 3.05) is 5.32 Å². The van der Waals surface area contributed by atoms with E-state index in [2.05, 4.69) is 20.3 Å². The number of carbonyl (C=O) groups is 1. The largest absolute Gasteiger partial charge is 0.490 e. The Hall–Kier alpha value is -3.81. The van der Waals surface area contributed by atoms with Crippen LogP contribution in [0.5, 0.6) is 5.75 Å². The van der Waals surface area contributed by atoms with Gasteiger partial charge in [-0.1, -0.05) is 6.92 Å². The monoisotopic (exact) mass is 471 g/mol. The number of rotatable bonds is 6. The van der Waals surface area contributed by atoms with E-state index in [0.717, 1.165) is 29.7 Å². The fourth-order valence-corrected chi connectivity index (χ4v) is 5.71. The summed E-state index contributed by atoms with van der Waals surface area (Å²) in [4.78, 5) is 25.9. The summed E-state index contributed by atoms with van der Waals surface area (Å²) in [6.45, 7) is 2.00. The molecule has 1 amide bonds. The van der Waals surface area contributed by atoms with Crippen LogP contribution in [0.1, 0.15) is 19.8 Å². The van der Waals surface area contributed by atoms with Crippen molar-refractivity contribution < 1.29 is 13.9 Å². The van der Waals surface area contributed by atoms with Crippen LogP contribution in [0.4, 0.5) is 10.2 Å². The maximum Gasteiger partial charge on any atom is 0.228 e. The van der Waals surface area contributed by atoms with Crippen LogP contribution in [0.15, 0.2) is 61.2 Å². The van der Waals surface area contributed by atoms with Crippen molar-refractivity contribution in [2.24, 2.45) is 30.7 Å². The minimum absolute atomic E-state index is 0.00490. The highest BCUT2D eigenvalue weighted by molar-refractivity contribution is 5.92. The third-order valence-corrected chi connectivity index (χ3v) is 7.51. The Balaban J connectivity index is 1.05. The Morgan fingerprint density at radius 3 is 2.66 bits per heavy atom. The third-order valence-electron chi connectivity index (χ3n) is 7.51. The van der Waals surface area contributed by atoms with Gasteiger partial charge >= 0.3 is 0 Å². The van der Waals surface area contributed by atoms with Crippen LogP contribution in [0.3, 0.4) is 0 Å². The van der Waals surface area contributed by atoms with Crippen LogP contribution in [0.2, 0.25) is 0 Å². The van der Waals surface area contributed by atoms with Gasteiger partial charge in [0.15, 0.2) is 0 Å². The molecule has 6 rings (SSSR count). The molecular weight excluding hydrogens is 445 g/mol. The molecule has 3 heterocycles. The van der Waals surface area contributed by atoms with Crippen LogP contribution in [-0.2, 0) is 11.8 Å². The summed E-state index contributed by atoms with van der Waals surface area (Å²) < 4.78 is 21.9. The summed E-state index contributed by atoms with van der Waals surface area (Å²) in [5.41, 5.74) is 1.62. The van der Waals surface area contributed by atoms with E-state index < -0.39 is 0 Å². The number of ether oxygens (including phenoxy) is 1. The quantitative estimate of drug-likeness (QED) is 0.435. The number of benzene rings is 1. The van der Waals surface area contributed by atoms with Gasteiger partial charge in [0.05, 0.1) is 11.6 Å². The van der Waals surface area contributed by atoms with Gasteiger partial charge in [0.1, 0.15) is 23.2 Å². The molecule has 178 valence electrons. The molecule has 1 aromatic carbocycles. The Morgan fingerprint density at radius 1 is 1.11 bits per heavy atom. The summed E-state index contributed by atoms with van der Waals surface area (Å²) in [7, 11) is 1.93. The van der Waals surface area contributed by atoms with Crippen LogP contribution in [0, 0.1) is 29.5 Å². The van der Waals surface area contributed by atoms with Crippen molar-refractivity contribution in [3.63, 3.8) is 0 Å². The van der Waals surface area contributed by atoms with Gasteiger partial charge in [-0.15, -0.1) is 0 Å². The lowest BCUT2D eigenvalue weighted by Crippen LogP contribution is -2.26. The van der Waals surface area contributed by atoms with Crippen molar-refractivity contribution in [1.29, 1.82) is 0 Å². The topological polar surface area (TPSA) is 81.9 Å². The average molecular weight is 472 g/mol. The standard InChI is InChI=1S/C27H26FN5O2/c1-15(27(34)32-24-6-3-16(14-31-24)26-30-9-10-33(26)2)25-19-12-18(13-20(19)25)35-23-7-8-29-22-5-4-17(28)11-21(22)23/h3-11,14-15,18-20,25H,12-13H2,1-2H3,(H,31,32,34)/t15?,18?,19-,20+,25?. The van der Waals surface area contributed by atoms with Gasteiger partial charge in [-0.2, -0.15) is 0 Å². The number of nitrogens with zero attached hydrogens (tertiary/aromatic N) is 4. The molecule has 4 aromatic rings. The summed E-state index contributed by atoms with van der Waals surface area (Å²) in [6.07, 6.45) is 8.93. The molecule has 0 bridgehead atoms. The second-order valence-corrected chi connectivity index (χ2v) is 9.66. The minimum atomic E-state index is -0.301. The molecule has 8 heteroatoms. The van der Waals surface area contributed by atoms with E-state index >= 15 is 0 Å². The van der Waals surface area contributed by atoms with E-state index in [0.29, 0.717) is 34.7 Å². The fraction of sp³-hybridized carbons (Fsp3) is 0.333. The Morgan fingerprint density at radius 2 is 1.94 bits per heavy atom. The molecule has 0 saturated heterocycles. The van der Waals surface area contributed by atoms with Crippen molar-refractivity contribution in [3.8, 4) is 17.1 Å². The van der Waals surface area contributed by atoms with E-state index in [9.17, 15) is 9.18 Å². The normalized spacial score (nSPS) is 23.6.